The number of nitrogens with two attached hydrogens (primary N) is 1. The fraction of sp³-hybridized carbons (Fsp3) is 0.444. The first-order chi connectivity index (χ1) is 5.49. The van der Waals surface area contributed by atoms with Gasteiger partial charge in [0.15, 0.2) is 0 Å². The van der Waals surface area contributed by atoms with Crippen molar-refractivity contribution in [2.24, 2.45) is 0 Å². The van der Waals surface area contributed by atoms with E-state index in [9.17, 15) is 0 Å². The quantitative estimate of drug-likeness (QED) is 0.678. The molecule has 1 aromatic heterocycles. The maximum absolute atomic E-state index is 5.77. The van der Waals surface area contributed by atoms with Gasteiger partial charge in [-0.15, -0.1) is 11.8 Å². The van der Waals surface area contributed by atoms with Gasteiger partial charge in [0.1, 0.15) is 0 Å². The monoisotopic (exact) mass is 182 g/mol. The first-order valence-corrected chi connectivity index (χ1v) is 4.69. The number of anilines is 1. The second kappa shape index (κ2) is 3.35. The molecule has 0 aliphatic rings. The molecule has 0 aromatic carbocycles. The fourth-order valence-electron chi connectivity index (χ4n) is 0.806. The van der Waals surface area contributed by atoms with Crippen LogP contribution < -0.4 is 5.73 Å². The average Bonchev–Trinajstić information content (AvgIpc) is 1.91. The minimum absolute atomic E-state index is 0.192. The third kappa shape index (κ3) is 2.74. The molecule has 0 aliphatic carbocycles. The van der Waals surface area contributed by atoms with Crippen LogP contribution in [0, 0.1) is 0 Å². The second-order valence-corrected chi connectivity index (χ2v) is 5.50. The molecule has 0 radical (unpaired) electrons. The molecule has 0 spiro atoms. The minimum Gasteiger partial charge on any atom is -0.398 e. The van der Waals surface area contributed by atoms with Crippen LogP contribution in [0.25, 0.3) is 0 Å². The number of aromatic nitrogens is 1. The van der Waals surface area contributed by atoms with Crippen LogP contribution >= 0.6 is 11.8 Å². The lowest BCUT2D eigenvalue weighted by Crippen LogP contribution is -2.07. The van der Waals surface area contributed by atoms with E-state index in [1.807, 2.05) is 12.3 Å². The molecule has 1 aromatic rings. The van der Waals surface area contributed by atoms with Gasteiger partial charge in [0.05, 0.1) is 0 Å². The van der Waals surface area contributed by atoms with Crippen molar-refractivity contribution in [3.63, 3.8) is 0 Å². The molecule has 0 saturated carbocycles. The molecule has 0 atom stereocenters. The molecule has 0 bridgehead atoms. The van der Waals surface area contributed by atoms with Crippen LogP contribution in [0.15, 0.2) is 23.4 Å². The summed E-state index contributed by atoms with van der Waals surface area (Å²) in [5, 5.41) is 0. The van der Waals surface area contributed by atoms with Crippen molar-refractivity contribution in [2.75, 3.05) is 5.73 Å². The summed E-state index contributed by atoms with van der Waals surface area (Å²) in [5.41, 5.74) is 6.58. The summed E-state index contributed by atoms with van der Waals surface area (Å²) in [6.45, 7) is 6.47. The highest BCUT2D eigenvalue weighted by Gasteiger charge is 2.13. The van der Waals surface area contributed by atoms with Gasteiger partial charge in [0.25, 0.3) is 0 Å². The van der Waals surface area contributed by atoms with E-state index in [-0.39, 0.29) is 4.75 Å². The van der Waals surface area contributed by atoms with Crippen LogP contribution in [-0.4, -0.2) is 9.73 Å². The lowest BCUT2D eigenvalue weighted by Gasteiger charge is -2.17. The maximum atomic E-state index is 5.77. The van der Waals surface area contributed by atoms with Gasteiger partial charge in [-0.1, -0.05) is 20.8 Å². The first kappa shape index (κ1) is 9.39. The Labute approximate surface area is 77.6 Å². The largest absolute Gasteiger partial charge is 0.398 e. The number of nitrogens with zero attached hydrogens (tertiary/aromatic N) is 1. The molecule has 0 amide bonds. The summed E-state index contributed by atoms with van der Waals surface area (Å²) in [7, 11) is 0. The molecule has 12 heavy (non-hydrogen) atoms. The van der Waals surface area contributed by atoms with Gasteiger partial charge in [-0.05, 0) is 6.07 Å². The van der Waals surface area contributed by atoms with Crippen molar-refractivity contribution in [3.8, 4) is 0 Å². The van der Waals surface area contributed by atoms with Crippen molar-refractivity contribution in [3.05, 3.63) is 18.5 Å². The summed E-state index contributed by atoms with van der Waals surface area (Å²) >= 11 is 1.74. The van der Waals surface area contributed by atoms with Crippen LogP contribution in [0.4, 0.5) is 5.69 Å². The van der Waals surface area contributed by atoms with Crippen molar-refractivity contribution in [1.82, 2.24) is 4.98 Å². The maximum Gasteiger partial charge on any atom is 0.0491 e. The standard InChI is InChI=1S/C9H14N2S/c1-9(2,3)12-8-6-11-5-4-7(8)10/h4-6H,1-3H3,(H2,10,11). The number of thioether (sulfide) groups is 1. The molecule has 0 unspecified atom stereocenters. The lowest BCUT2D eigenvalue weighted by molar-refractivity contribution is 0.802. The second-order valence-electron chi connectivity index (χ2n) is 3.63. The van der Waals surface area contributed by atoms with Gasteiger partial charge in [-0.2, -0.15) is 0 Å². The summed E-state index contributed by atoms with van der Waals surface area (Å²) in [5.74, 6) is 0. The molecule has 1 heterocycles. The highest BCUT2D eigenvalue weighted by Crippen LogP contribution is 2.34. The Balaban J connectivity index is 2.83. The Kier molecular flexibility index (Phi) is 2.62. The number of rotatable bonds is 1. The van der Waals surface area contributed by atoms with Crippen molar-refractivity contribution >= 4 is 17.4 Å². The third-order valence-corrected chi connectivity index (χ3v) is 2.41. The smallest absolute Gasteiger partial charge is 0.0491 e. The zero-order valence-corrected chi connectivity index (χ0v) is 8.48. The van der Waals surface area contributed by atoms with Crippen molar-refractivity contribution < 1.29 is 0 Å². The normalized spacial score (nSPS) is 11.6. The van der Waals surface area contributed by atoms with Crippen LogP contribution in [0.3, 0.4) is 0 Å². The van der Waals surface area contributed by atoms with Gasteiger partial charge in [-0.25, -0.2) is 0 Å². The van der Waals surface area contributed by atoms with E-state index in [0.717, 1.165) is 10.6 Å². The van der Waals surface area contributed by atoms with Gasteiger partial charge < -0.3 is 5.73 Å². The van der Waals surface area contributed by atoms with Crippen molar-refractivity contribution in [2.45, 2.75) is 30.4 Å². The van der Waals surface area contributed by atoms with E-state index in [4.69, 9.17) is 5.73 Å². The summed E-state index contributed by atoms with van der Waals surface area (Å²) < 4.78 is 0.192. The zero-order valence-electron chi connectivity index (χ0n) is 7.66. The van der Waals surface area contributed by atoms with Gasteiger partial charge in [0.2, 0.25) is 0 Å². The molecule has 2 nitrogen and oxygen atoms in total. The average molecular weight is 182 g/mol. The number of hydrogen-bond acceptors (Lipinski definition) is 3. The zero-order chi connectivity index (χ0) is 9.19. The van der Waals surface area contributed by atoms with Gasteiger partial charge >= 0.3 is 0 Å². The summed E-state index contributed by atoms with van der Waals surface area (Å²) in [6, 6.07) is 1.83. The number of nitrogen functional groups attached to an aromatic ring is 1. The lowest BCUT2D eigenvalue weighted by atomic mass is 10.3. The highest BCUT2D eigenvalue weighted by atomic mass is 32.2. The van der Waals surface area contributed by atoms with E-state index in [2.05, 4.69) is 25.8 Å². The number of hydrogen-bond donors (Lipinski definition) is 1. The molecule has 0 aliphatic heterocycles. The first-order valence-electron chi connectivity index (χ1n) is 3.87. The Morgan fingerprint density at radius 2 is 2.08 bits per heavy atom. The van der Waals surface area contributed by atoms with E-state index >= 15 is 0 Å². The Morgan fingerprint density at radius 3 is 2.58 bits per heavy atom. The predicted molar refractivity (Wildman–Crippen MR) is 54.3 cm³/mol. The predicted octanol–water partition coefficient (Wildman–Crippen LogP) is 2.55. The molecular weight excluding hydrogens is 168 g/mol. The Morgan fingerprint density at radius 1 is 1.42 bits per heavy atom. The van der Waals surface area contributed by atoms with Crippen LogP contribution in [0.5, 0.6) is 0 Å². The highest BCUT2D eigenvalue weighted by molar-refractivity contribution is 8.00. The molecule has 3 heteroatoms. The SMILES string of the molecule is CC(C)(C)Sc1cnccc1N. The summed E-state index contributed by atoms with van der Waals surface area (Å²) in [6.07, 6.45) is 3.52. The molecule has 66 valence electrons. The van der Waals surface area contributed by atoms with E-state index < -0.39 is 0 Å². The fourth-order valence-corrected chi connectivity index (χ4v) is 1.77. The number of pyridine rings is 1. The molecule has 0 saturated heterocycles. The van der Waals surface area contributed by atoms with Crippen LogP contribution in [0.2, 0.25) is 0 Å². The van der Waals surface area contributed by atoms with E-state index in [1.165, 1.54) is 0 Å². The van der Waals surface area contributed by atoms with Crippen LogP contribution in [-0.2, 0) is 0 Å². The third-order valence-electron chi connectivity index (χ3n) is 1.23. The van der Waals surface area contributed by atoms with Crippen LogP contribution in [0.1, 0.15) is 20.8 Å². The Hall–Kier alpha value is -0.700. The van der Waals surface area contributed by atoms with Gasteiger partial charge in [-0.3, -0.25) is 4.98 Å². The minimum atomic E-state index is 0.192. The van der Waals surface area contributed by atoms with E-state index in [1.54, 1.807) is 18.0 Å². The molecular formula is C9H14N2S. The van der Waals surface area contributed by atoms with E-state index in [0.29, 0.717) is 0 Å². The van der Waals surface area contributed by atoms with Gasteiger partial charge in [0, 0.05) is 27.7 Å². The topological polar surface area (TPSA) is 38.9 Å². The van der Waals surface area contributed by atoms with Crippen molar-refractivity contribution in [1.29, 1.82) is 0 Å². The molecule has 1 rings (SSSR count). The Bertz CT molecular complexity index is 265. The summed E-state index contributed by atoms with van der Waals surface area (Å²) in [4.78, 5) is 5.09. The molecule has 2 N–H and O–H groups in total. The molecule has 0 fully saturated rings.